The van der Waals surface area contributed by atoms with Crippen LogP contribution in [0.15, 0.2) is 17.5 Å². The number of nitrogens with one attached hydrogen (secondary N) is 1. The first-order chi connectivity index (χ1) is 7.68. The first-order valence-corrected chi connectivity index (χ1v) is 6.48. The van der Waals surface area contributed by atoms with E-state index in [9.17, 15) is 4.79 Å². The molecule has 0 aliphatic heterocycles. The summed E-state index contributed by atoms with van der Waals surface area (Å²) in [6.45, 7) is 1.54. The van der Waals surface area contributed by atoms with Gasteiger partial charge in [-0.1, -0.05) is 6.07 Å². The van der Waals surface area contributed by atoms with E-state index >= 15 is 0 Å². The maximum Gasteiger partial charge on any atom is 0.230 e. The number of thiophene rings is 1. The van der Waals surface area contributed by atoms with Crippen molar-refractivity contribution in [1.82, 2.24) is 10.2 Å². The third-order valence-electron chi connectivity index (χ3n) is 3.14. The van der Waals surface area contributed by atoms with Crippen molar-refractivity contribution in [3.05, 3.63) is 22.4 Å². The highest BCUT2D eigenvalue weighted by molar-refractivity contribution is 7.09. The molecule has 0 unspecified atom stereocenters. The lowest BCUT2D eigenvalue weighted by molar-refractivity contribution is -0.136. The Morgan fingerprint density at radius 2 is 2.38 bits per heavy atom. The second-order valence-corrected chi connectivity index (χ2v) is 5.58. The zero-order valence-electron chi connectivity index (χ0n) is 9.82. The minimum Gasteiger partial charge on any atom is -0.340 e. The molecule has 1 aromatic rings. The van der Waals surface area contributed by atoms with Crippen molar-refractivity contribution in [2.45, 2.75) is 19.4 Å². The van der Waals surface area contributed by atoms with Crippen LogP contribution in [0.5, 0.6) is 0 Å². The van der Waals surface area contributed by atoms with Gasteiger partial charge in [-0.25, -0.2) is 0 Å². The van der Waals surface area contributed by atoms with E-state index in [1.165, 1.54) is 4.88 Å². The lowest BCUT2D eigenvalue weighted by Crippen LogP contribution is -2.38. The summed E-state index contributed by atoms with van der Waals surface area (Å²) >= 11 is 1.70. The molecule has 1 heterocycles. The number of rotatable bonds is 5. The molecule has 0 aromatic carbocycles. The van der Waals surface area contributed by atoms with Crippen LogP contribution in [-0.4, -0.2) is 31.4 Å². The molecule has 1 amide bonds. The standard InChI is InChI=1S/C12H18N2OS/c1-13-9-12(5-6-12)11(15)14(2)8-10-4-3-7-16-10/h3-4,7,13H,5-6,8-9H2,1-2H3. The molecule has 1 fully saturated rings. The average Bonchev–Trinajstić information content (AvgIpc) is 2.86. The number of carbonyl (C=O) groups excluding carboxylic acids is 1. The van der Waals surface area contributed by atoms with Crippen molar-refractivity contribution in [1.29, 1.82) is 0 Å². The van der Waals surface area contributed by atoms with E-state index in [4.69, 9.17) is 0 Å². The first-order valence-electron chi connectivity index (χ1n) is 5.60. The van der Waals surface area contributed by atoms with Gasteiger partial charge in [0.05, 0.1) is 12.0 Å². The van der Waals surface area contributed by atoms with E-state index in [-0.39, 0.29) is 11.3 Å². The van der Waals surface area contributed by atoms with Crippen LogP contribution in [0.1, 0.15) is 17.7 Å². The summed E-state index contributed by atoms with van der Waals surface area (Å²) < 4.78 is 0. The highest BCUT2D eigenvalue weighted by Gasteiger charge is 2.50. The molecule has 0 radical (unpaired) electrons. The summed E-state index contributed by atoms with van der Waals surface area (Å²) in [6.07, 6.45) is 2.06. The topological polar surface area (TPSA) is 32.3 Å². The normalized spacial score (nSPS) is 17.1. The Balaban J connectivity index is 1.94. The number of hydrogen-bond donors (Lipinski definition) is 1. The van der Waals surface area contributed by atoms with Gasteiger partial charge in [-0.05, 0) is 31.3 Å². The maximum absolute atomic E-state index is 12.2. The Labute approximate surface area is 100 Å². The largest absolute Gasteiger partial charge is 0.340 e. The zero-order chi connectivity index (χ0) is 11.6. The fraction of sp³-hybridized carbons (Fsp3) is 0.583. The smallest absolute Gasteiger partial charge is 0.230 e. The lowest BCUT2D eigenvalue weighted by atomic mass is 10.1. The van der Waals surface area contributed by atoms with Gasteiger partial charge in [0.25, 0.3) is 0 Å². The van der Waals surface area contributed by atoms with Crippen molar-refractivity contribution < 1.29 is 4.79 Å². The van der Waals surface area contributed by atoms with Crippen LogP contribution in [0.4, 0.5) is 0 Å². The summed E-state index contributed by atoms with van der Waals surface area (Å²) in [5.41, 5.74) is -0.0965. The van der Waals surface area contributed by atoms with E-state index in [0.29, 0.717) is 0 Å². The van der Waals surface area contributed by atoms with Crippen LogP contribution in [-0.2, 0) is 11.3 Å². The molecule has 0 spiro atoms. The molecular formula is C12H18N2OS. The predicted octanol–water partition coefficient (Wildman–Crippen LogP) is 1.71. The summed E-state index contributed by atoms with van der Waals surface area (Å²) in [6, 6.07) is 4.10. The molecule has 1 N–H and O–H groups in total. The zero-order valence-corrected chi connectivity index (χ0v) is 10.6. The quantitative estimate of drug-likeness (QED) is 0.847. The molecule has 88 valence electrons. The van der Waals surface area contributed by atoms with Gasteiger partial charge in [-0.3, -0.25) is 4.79 Å². The van der Waals surface area contributed by atoms with Crippen molar-refractivity contribution in [3.63, 3.8) is 0 Å². The van der Waals surface area contributed by atoms with Gasteiger partial charge < -0.3 is 10.2 Å². The minimum atomic E-state index is -0.0965. The summed E-state index contributed by atoms with van der Waals surface area (Å²) in [7, 11) is 3.81. The number of hydrogen-bond acceptors (Lipinski definition) is 3. The first kappa shape index (κ1) is 11.6. The van der Waals surface area contributed by atoms with Gasteiger partial charge in [0.2, 0.25) is 5.91 Å². The van der Waals surface area contributed by atoms with Crippen molar-refractivity contribution in [2.75, 3.05) is 20.6 Å². The summed E-state index contributed by atoms with van der Waals surface area (Å²) in [5, 5.41) is 5.17. The predicted molar refractivity (Wildman–Crippen MR) is 66.4 cm³/mol. The Hall–Kier alpha value is -0.870. The Morgan fingerprint density at radius 1 is 1.62 bits per heavy atom. The van der Waals surface area contributed by atoms with E-state index in [2.05, 4.69) is 11.4 Å². The molecule has 16 heavy (non-hydrogen) atoms. The molecule has 0 atom stereocenters. The van der Waals surface area contributed by atoms with Crippen LogP contribution in [0.2, 0.25) is 0 Å². The van der Waals surface area contributed by atoms with Gasteiger partial charge in [-0.2, -0.15) is 0 Å². The second-order valence-electron chi connectivity index (χ2n) is 4.55. The molecule has 1 aromatic heterocycles. The number of amides is 1. The van der Waals surface area contributed by atoms with Crippen LogP contribution in [0, 0.1) is 5.41 Å². The van der Waals surface area contributed by atoms with Gasteiger partial charge in [0.15, 0.2) is 0 Å². The molecule has 0 bridgehead atoms. The summed E-state index contributed by atoms with van der Waals surface area (Å²) in [5.74, 6) is 0.287. The molecule has 1 saturated carbocycles. The van der Waals surface area contributed by atoms with Crippen LogP contribution >= 0.6 is 11.3 Å². The Morgan fingerprint density at radius 3 is 2.88 bits per heavy atom. The van der Waals surface area contributed by atoms with Crippen LogP contribution in [0.3, 0.4) is 0 Å². The van der Waals surface area contributed by atoms with Gasteiger partial charge in [0, 0.05) is 18.5 Å². The Kier molecular flexibility index (Phi) is 3.30. The lowest BCUT2D eigenvalue weighted by Gasteiger charge is -2.22. The monoisotopic (exact) mass is 238 g/mol. The fourth-order valence-electron chi connectivity index (χ4n) is 2.07. The van der Waals surface area contributed by atoms with Gasteiger partial charge in [0.1, 0.15) is 0 Å². The van der Waals surface area contributed by atoms with E-state index in [0.717, 1.165) is 25.9 Å². The van der Waals surface area contributed by atoms with Crippen molar-refractivity contribution in [2.24, 2.45) is 5.41 Å². The molecule has 2 rings (SSSR count). The second kappa shape index (κ2) is 4.55. The van der Waals surface area contributed by atoms with Crippen LogP contribution < -0.4 is 5.32 Å². The fourth-order valence-corrected chi connectivity index (χ4v) is 2.83. The maximum atomic E-state index is 12.2. The number of nitrogens with zero attached hydrogens (tertiary/aromatic N) is 1. The third-order valence-corrected chi connectivity index (χ3v) is 4.00. The SMILES string of the molecule is CNCC1(C(=O)N(C)Cc2cccs2)CC1. The highest BCUT2D eigenvalue weighted by atomic mass is 32.1. The van der Waals surface area contributed by atoms with Crippen LogP contribution in [0.25, 0.3) is 0 Å². The average molecular weight is 238 g/mol. The molecule has 3 nitrogen and oxygen atoms in total. The number of carbonyl (C=O) groups is 1. The summed E-state index contributed by atoms with van der Waals surface area (Å²) in [4.78, 5) is 15.3. The van der Waals surface area contributed by atoms with Crippen molar-refractivity contribution >= 4 is 17.2 Å². The third kappa shape index (κ3) is 2.28. The highest BCUT2D eigenvalue weighted by Crippen LogP contribution is 2.46. The van der Waals surface area contributed by atoms with Crippen molar-refractivity contribution in [3.8, 4) is 0 Å². The Bertz CT molecular complexity index is 357. The van der Waals surface area contributed by atoms with Gasteiger partial charge in [-0.15, -0.1) is 11.3 Å². The molecular weight excluding hydrogens is 220 g/mol. The minimum absolute atomic E-state index is 0.0965. The molecule has 4 heteroatoms. The molecule has 1 aliphatic rings. The molecule has 1 aliphatic carbocycles. The van der Waals surface area contributed by atoms with Gasteiger partial charge >= 0.3 is 0 Å². The molecule has 0 saturated heterocycles. The van der Waals surface area contributed by atoms with E-state index in [1.54, 1.807) is 11.3 Å². The van der Waals surface area contributed by atoms with E-state index in [1.807, 2.05) is 30.4 Å². The van der Waals surface area contributed by atoms with E-state index < -0.39 is 0 Å².